The zero-order valence-corrected chi connectivity index (χ0v) is 12.8. The van der Waals surface area contributed by atoms with Crippen LogP contribution in [0.1, 0.15) is 59.3 Å². The van der Waals surface area contributed by atoms with Crippen LogP contribution in [0.5, 0.6) is 0 Å². The van der Waals surface area contributed by atoms with Crippen LogP contribution in [-0.4, -0.2) is 11.8 Å². The van der Waals surface area contributed by atoms with Gasteiger partial charge in [-0.15, -0.1) is 0 Å². The molecule has 2 aliphatic rings. The summed E-state index contributed by atoms with van der Waals surface area (Å²) in [6, 6.07) is 0. The molecule has 0 bridgehead atoms. The van der Waals surface area contributed by atoms with Crippen molar-refractivity contribution in [1.82, 2.24) is 0 Å². The van der Waals surface area contributed by atoms with Gasteiger partial charge in [-0.1, -0.05) is 32.9 Å². The topological polar surface area (TPSA) is 57.2 Å². The van der Waals surface area contributed by atoms with Gasteiger partial charge in [-0.25, -0.2) is 0 Å². The molecule has 0 spiro atoms. The summed E-state index contributed by atoms with van der Waals surface area (Å²) in [4.78, 5) is 24.0. The minimum atomic E-state index is -1.00. The van der Waals surface area contributed by atoms with Gasteiger partial charge in [0, 0.05) is 23.7 Å². The molecule has 0 amide bonds. The fourth-order valence-corrected chi connectivity index (χ4v) is 4.79. The van der Waals surface area contributed by atoms with E-state index >= 15 is 0 Å². The molecule has 1 unspecified atom stereocenters. The van der Waals surface area contributed by atoms with Gasteiger partial charge in [-0.2, -0.15) is 0 Å². The van der Waals surface area contributed by atoms with Crippen molar-refractivity contribution in [3.63, 3.8) is 0 Å². The van der Waals surface area contributed by atoms with Crippen LogP contribution in [0.3, 0.4) is 0 Å². The van der Waals surface area contributed by atoms with E-state index in [0.717, 1.165) is 31.3 Å². The molecule has 0 saturated heterocycles. The quantitative estimate of drug-likeness (QED) is 0.745. The monoisotopic (exact) mass is 277 g/mol. The number of allylic oxidation sites excluding steroid dienone is 1. The molecular formula is C17H25O3-. The molecular weight excluding hydrogens is 252 g/mol. The average molecular weight is 277 g/mol. The smallest absolute Gasteiger partial charge is 0.139 e. The highest BCUT2D eigenvalue weighted by Gasteiger charge is 2.57. The molecule has 3 nitrogen and oxygen atoms in total. The Bertz CT molecular complexity index is 453. The van der Waals surface area contributed by atoms with Crippen LogP contribution >= 0.6 is 0 Å². The van der Waals surface area contributed by atoms with Gasteiger partial charge in [-0.3, -0.25) is 4.79 Å². The number of carbonyl (C=O) groups is 2. The maximum Gasteiger partial charge on any atom is 0.139 e. The highest BCUT2D eigenvalue weighted by molar-refractivity contribution is 5.86. The normalized spacial score (nSPS) is 39.2. The predicted molar refractivity (Wildman–Crippen MR) is 75.7 cm³/mol. The summed E-state index contributed by atoms with van der Waals surface area (Å²) in [5.41, 5.74) is 0.0963. The van der Waals surface area contributed by atoms with Crippen LogP contribution < -0.4 is 5.11 Å². The minimum absolute atomic E-state index is 0.0837. The van der Waals surface area contributed by atoms with E-state index < -0.39 is 17.3 Å². The van der Waals surface area contributed by atoms with Crippen LogP contribution in [0.4, 0.5) is 0 Å². The standard InChI is InChI=1S/C17H26O3/c1-5-12(15(19)20)17(4)11(2)9-10-16(3)13(17)7-6-8-14(16)18/h12-13H,2,5-10H2,1,3-4H3,(H,19,20)/p-1/t12?,13-,16-,17+/m1/s1. The van der Waals surface area contributed by atoms with Gasteiger partial charge in [0.1, 0.15) is 5.78 Å². The SMILES string of the molecule is C=C1CC[C@@]2(C)C(=O)CCC[C@H]2[C@]1(C)C(CC)C(=O)[O-]. The van der Waals surface area contributed by atoms with E-state index in [1.54, 1.807) is 0 Å². The largest absolute Gasteiger partial charge is 0.550 e. The number of rotatable bonds is 3. The average Bonchev–Trinajstić information content (AvgIpc) is 2.38. The number of aliphatic carboxylic acids is 1. The molecule has 0 aliphatic heterocycles. The number of carbonyl (C=O) groups excluding carboxylic acids is 2. The number of fused-ring (bicyclic) bond motifs is 1. The third-order valence-corrected chi connectivity index (χ3v) is 6.15. The van der Waals surface area contributed by atoms with Crippen molar-refractivity contribution in [2.45, 2.75) is 59.3 Å². The summed E-state index contributed by atoms with van der Waals surface area (Å²) < 4.78 is 0. The maximum atomic E-state index is 12.4. The van der Waals surface area contributed by atoms with Crippen molar-refractivity contribution in [3.05, 3.63) is 12.2 Å². The lowest BCUT2D eigenvalue weighted by Gasteiger charge is -2.57. The fraction of sp³-hybridized carbons (Fsp3) is 0.765. The Hall–Kier alpha value is -1.12. The number of hydrogen-bond acceptors (Lipinski definition) is 3. The Morgan fingerprint density at radius 2 is 2.10 bits per heavy atom. The first-order valence-corrected chi connectivity index (χ1v) is 7.70. The molecule has 3 heteroatoms. The van der Waals surface area contributed by atoms with Crippen LogP contribution in [0, 0.1) is 22.7 Å². The van der Waals surface area contributed by atoms with E-state index in [1.165, 1.54) is 0 Å². The van der Waals surface area contributed by atoms with Gasteiger partial charge in [0.05, 0.1) is 0 Å². The second-order valence-corrected chi connectivity index (χ2v) is 6.95. The van der Waals surface area contributed by atoms with Crippen molar-refractivity contribution >= 4 is 11.8 Å². The Morgan fingerprint density at radius 1 is 1.45 bits per heavy atom. The Balaban J connectivity index is 2.50. The summed E-state index contributed by atoms with van der Waals surface area (Å²) in [5, 5.41) is 11.6. The summed E-state index contributed by atoms with van der Waals surface area (Å²) >= 11 is 0. The van der Waals surface area contributed by atoms with Crippen LogP contribution in [0.2, 0.25) is 0 Å². The second kappa shape index (κ2) is 5.01. The van der Waals surface area contributed by atoms with E-state index in [9.17, 15) is 14.7 Å². The summed E-state index contributed by atoms with van der Waals surface area (Å²) in [5.74, 6) is -1.16. The Morgan fingerprint density at radius 3 is 2.65 bits per heavy atom. The zero-order valence-electron chi connectivity index (χ0n) is 12.8. The predicted octanol–water partition coefficient (Wildman–Crippen LogP) is 2.49. The highest BCUT2D eigenvalue weighted by Crippen LogP contribution is 2.61. The number of ketones is 1. The molecule has 0 aromatic heterocycles. The molecule has 0 heterocycles. The molecule has 0 aromatic carbocycles. The number of hydrogen-bond donors (Lipinski definition) is 0. The van der Waals surface area contributed by atoms with E-state index in [0.29, 0.717) is 18.6 Å². The van der Waals surface area contributed by atoms with Gasteiger partial charge < -0.3 is 9.90 Å². The van der Waals surface area contributed by atoms with Crippen LogP contribution in [0.25, 0.3) is 0 Å². The van der Waals surface area contributed by atoms with Gasteiger partial charge >= 0.3 is 0 Å². The molecule has 4 atom stereocenters. The van der Waals surface area contributed by atoms with Crippen molar-refractivity contribution in [3.8, 4) is 0 Å². The fourth-order valence-electron chi connectivity index (χ4n) is 4.79. The van der Waals surface area contributed by atoms with Crippen molar-refractivity contribution in [2.24, 2.45) is 22.7 Å². The first-order valence-electron chi connectivity index (χ1n) is 7.70. The van der Waals surface area contributed by atoms with Crippen LogP contribution in [-0.2, 0) is 9.59 Å². The van der Waals surface area contributed by atoms with Crippen molar-refractivity contribution in [1.29, 1.82) is 0 Å². The lowest BCUT2D eigenvalue weighted by molar-refractivity contribution is -0.316. The molecule has 2 rings (SSSR count). The molecule has 0 N–H and O–H groups in total. The zero-order chi connectivity index (χ0) is 15.1. The lowest BCUT2D eigenvalue weighted by atomic mass is 9.46. The van der Waals surface area contributed by atoms with E-state index in [4.69, 9.17) is 0 Å². The molecule has 2 saturated carbocycles. The van der Waals surface area contributed by atoms with E-state index in [1.807, 2.05) is 20.8 Å². The number of Topliss-reactive ketones (excluding diaryl/α,β-unsaturated/α-hetero) is 1. The van der Waals surface area contributed by atoms with Crippen molar-refractivity contribution in [2.75, 3.05) is 0 Å². The minimum Gasteiger partial charge on any atom is -0.550 e. The molecule has 2 aliphatic carbocycles. The van der Waals surface area contributed by atoms with Gasteiger partial charge in [0.15, 0.2) is 0 Å². The van der Waals surface area contributed by atoms with E-state index in [2.05, 4.69) is 6.58 Å². The summed E-state index contributed by atoms with van der Waals surface area (Å²) in [6.45, 7) is 10.1. The second-order valence-electron chi connectivity index (χ2n) is 6.95. The first kappa shape index (κ1) is 15.3. The summed E-state index contributed by atoms with van der Waals surface area (Å²) in [6.07, 6.45) is 4.51. The third-order valence-electron chi connectivity index (χ3n) is 6.15. The number of carboxylic acid groups (broad SMARTS) is 1. The highest BCUT2D eigenvalue weighted by atomic mass is 16.4. The molecule has 0 radical (unpaired) electrons. The summed E-state index contributed by atoms with van der Waals surface area (Å²) in [7, 11) is 0. The van der Waals surface area contributed by atoms with Gasteiger partial charge in [0.2, 0.25) is 0 Å². The lowest BCUT2D eigenvalue weighted by Crippen LogP contribution is -2.56. The molecule has 2 fully saturated rings. The van der Waals surface area contributed by atoms with Gasteiger partial charge in [0.25, 0.3) is 0 Å². The Labute approximate surface area is 121 Å². The molecule has 112 valence electrons. The molecule has 0 aromatic rings. The third kappa shape index (κ3) is 1.94. The van der Waals surface area contributed by atoms with Crippen LogP contribution in [0.15, 0.2) is 12.2 Å². The maximum absolute atomic E-state index is 12.4. The Kier molecular flexibility index (Phi) is 3.83. The first-order chi connectivity index (χ1) is 9.28. The van der Waals surface area contributed by atoms with Gasteiger partial charge in [-0.05, 0) is 43.4 Å². The van der Waals surface area contributed by atoms with Crippen molar-refractivity contribution < 1.29 is 14.7 Å². The molecule has 20 heavy (non-hydrogen) atoms. The van der Waals surface area contributed by atoms with E-state index in [-0.39, 0.29) is 11.3 Å². The number of carboxylic acids is 1.